The fourth-order valence-corrected chi connectivity index (χ4v) is 2.34. The van der Waals surface area contributed by atoms with Gasteiger partial charge in [-0.2, -0.15) is 0 Å². The van der Waals surface area contributed by atoms with Gasteiger partial charge in [-0.25, -0.2) is 4.39 Å². The molecule has 1 aromatic carbocycles. The van der Waals surface area contributed by atoms with Crippen LogP contribution in [0, 0.1) is 5.82 Å². The van der Waals surface area contributed by atoms with Gasteiger partial charge in [-0.15, -0.1) is 0 Å². The summed E-state index contributed by atoms with van der Waals surface area (Å²) >= 11 is 0. The smallest absolute Gasteiger partial charge is 0.129 e. The van der Waals surface area contributed by atoms with E-state index in [1.54, 1.807) is 6.07 Å². The number of anilines is 1. The molecule has 0 unspecified atom stereocenters. The van der Waals surface area contributed by atoms with Gasteiger partial charge in [-0.3, -0.25) is 0 Å². The van der Waals surface area contributed by atoms with Crippen molar-refractivity contribution < 1.29 is 4.39 Å². The number of hydrogen-bond acceptors (Lipinski definition) is 1. The van der Waals surface area contributed by atoms with Crippen LogP contribution in [0.4, 0.5) is 10.1 Å². The van der Waals surface area contributed by atoms with E-state index in [2.05, 4.69) is 0 Å². The number of hydrogen-bond donors (Lipinski definition) is 1. The van der Waals surface area contributed by atoms with Crippen LogP contribution >= 0.6 is 0 Å². The van der Waals surface area contributed by atoms with Crippen molar-refractivity contribution in [2.45, 2.75) is 39.0 Å². The van der Waals surface area contributed by atoms with Gasteiger partial charge in [0.2, 0.25) is 0 Å². The summed E-state index contributed by atoms with van der Waals surface area (Å²) < 4.78 is 13.7. The molecule has 0 spiro atoms. The number of aryl methyl sites for hydroxylation is 1. The van der Waals surface area contributed by atoms with Gasteiger partial charge in [0, 0.05) is 11.3 Å². The Morgan fingerprint density at radius 2 is 2.07 bits per heavy atom. The Morgan fingerprint density at radius 1 is 1.36 bits per heavy atom. The second-order valence-electron chi connectivity index (χ2n) is 4.33. The first-order valence-electron chi connectivity index (χ1n) is 5.21. The van der Waals surface area contributed by atoms with Crippen LogP contribution in [-0.4, -0.2) is 0 Å². The van der Waals surface area contributed by atoms with Gasteiger partial charge in [-0.05, 0) is 42.4 Å². The molecule has 1 aromatic rings. The minimum atomic E-state index is -0.127. The van der Waals surface area contributed by atoms with Gasteiger partial charge in [0.05, 0.1) is 0 Å². The molecule has 0 radical (unpaired) electrons. The minimum absolute atomic E-state index is 0.127. The summed E-state index contributed by atoms with van der Waals surface area (Å²) in [6.07, 6.45) is 3.11. The van der Waals surface area contributed by atoms with Gasteiger partial charge in [0.15, 0.2) is 0 Å². The van der Waals surface area contributed by atoms with Crippen LogP contribution in [-0.2, 0) is 12.8 Å². The first-order chi connectivity index (χ1) is 6.61. The average molecular weight is 193 g/mol. The summed E-state index contributed by atoms with van der Waals surface area (Å²) in [7, 11) is 0. The molecule has 0 bridgehead atoms. The second kappa shape index (κ2) is 3.26. The number of nitrogens with two attached hydrogens (primary N) is 1. The molecule has 0 saturated heterocycles. The summed E-state index contributed by atoms with van der Waals surface area (Å²) in [5, 5.41) is 0. The average Bonchev–Trinajstić information content (AvgIpc) is 2.50. The van der Waals surface area contributed by atoms with Gasteiger partial charge >= 0.3 is 0 Å². The Labute approximate surface area is 84.1 Å². The molecule has 2 N–H and O–H groups in total. The number of fused-ring (bicyclic) bond motifs is 1. The van der Waals surface area contributed by atoms with Crippen molar-refractivity contribution in [1.82, 2.24) is 0 Å². The van der Waals surface area contributed by atoms with Crippen molar-refractivity contribution >= 4 is 5.69 Å². The Kier molecular flexibility index (Phi) is 2.22. The van der Waals surface area contributed by atoms with Gasteiger partial charge in [-0.1, -0.05) is 13.8 Å². The molecule has 0 amide bonds. The van der Waals surface area contributed by atoms with Crippen LogP contribution in [0.2, 0.25) is 0 Å². The van der Waals surface area contributed by atoms with E-state index in [0.29, 0.717) is 11.3 Å². The fraction of sp³-hybridized carbons (Fsp3) is 0.500. The number of nitrogen functional groups attached to an aromatic ring is 1. The SMILES string of the molecule is CC(C)c1c(F)cc2c(c1N)CCC2. The molecule has 76 valence electrons. The Bertz CT molecular complexity index is 369. The van der Waals surface area contributed by atoms with Crippen molar-refractivity contribution in [3.63, 3.8) is 0 Å². The topological polar surface area (TPSA) is 26.0 Å². The maximum absolute atomic E-state index is 13.7. The third kappa shape index (κ3) is 1.29. The number of rotatable bonds is 1. The van der Waals surface area contributed by atoms with Gasteiger partial charge in [0.1, 0.15) is 5.82 Å². The zero-order chi connectivity index (χ0) is 10.3. The van der Waals surface area contributed by atoms with E-state index in [0.717, 1.165) is 24.8 Å². The van der Waals surface area contributed by atoms with Crippen molar-refractivity contribution in [2.24, 2.45) is 0 Å². The minimum Gasteiger partial charge on any atom is -0.398 e. The molecule has 1 aliphatic carbocycles. The number of halogens is 1. The fourth-order valence-electron chi connectivity index (χ4n) is 2.34. The van der Waals surface area contributed by atoms with E-state index >= 15 is 0 Å². The maximum atomic E-state index is 13.7. The van der Waals surface area contributed by atoms with Crippen molar-refractivity contribution in [3.8, 4) is 0 Å². The highest BCUT2D eigenvalue weighted by Gasteiger charge is 2.20. The highest BCUT2D eigenvalue weighted by atomic mass is 19.1. The third-order valence-electron chi connectivity index (χ3n) is 3.01. The van der Waals surface area contributed by atoms with Crippen LogP contribution in [0.5, 0.6) is 0 Å². The predicted octanol–water partition coefficient (Wildman–Crippen LogP) is 3.02. The summed E-state index contributed by atoms with van der Waals surface area (Å²) in [6.45, 7) is 3.96. The molecule has 2 rings (SSSR count). The Morgan fingerprint density at radius 3 is 2.71 bits per heavy atom. The van der Waals surface area contributed by atoms with E-state index in [1.165, 1.54) is 5.56 Å². The van der Waals surface area contributed by atoms with E-state index in [9.17, 15) is 4.39 Å². The standard InChI is InChI=1S/C12H16FN/c1-7(2)11-10(13)6-8-4-3-5-9(8)12(11)14/h6-7H,3-5,14H2,1-2H3. The van der Waals surface area contributed by atoms with E-state index in [4.69, 9.17) is 5.73 Å². The summed E-state index contributed by atoms with van der Waals surface area (Å²) in [4.78, 5) is 0. The van der Waals surface area contributed by atoms with Crippen molar-refractivity contribution in [2.75, 3.05) is 5.73 Å². The highest BCUT2D eigenvalue weighted by molar-refractivity contribution is 5.60. The maximum Gasteiger partial charge on any atom is 0.129 e. The van der Waals surface area contributed by atoms with Crippen molar-refractivity contribution in [1.29, 1.82) is 0 Å². The largest absolute Gasteiger partial charge is 0.398 e. The van der Waals surface area contributed by atoms with Gasteiger partial charge < -0.3 is 5.73 Å². The van der Waals surface area contributed by atoms with E-state index < -0.39 is 0 Å². The molecule has 14 heavy (non-hydrogen) atoms. The molecule has 0 aliphatic heterocycles. The van der Waals surface area contributed by atoms with E-state index in [1.807, 2.05) is 13.8 Å². The lowest BCUT2D eigenvalue weighted by atomic mass is 9.95. The lowest BCUT2D eigenvalue weighted by molar-refractivity contribution is 0.598. The predicted molar refractivity (Wildman–Crippen MR) is 56.9 cm³/mol. The van der Waals surface area contributed by atoms with Gasteiger partial charge in [0.25, 0.3) is 0 Å². The summed E-state index contributed by atoms with van der Waals surface area (Å²) in [5.41, 5.74) is 9.70. The zero-order valence-corrected chi connectivity index (χ0v) is 8.73. The lowest BCUT2D eigenvalue weighted by Crippen LogP contribution is -2.04. The number of benzene rings is 1. The van der Waals surface area contributed by atoms with Crippen LogP contribution in [0.1, 0.15) is 42.9 Å². The molecule has 1 nitrogen and oxygen atoms in total. The lowest BCUT2D eigenvalue weighted by Gasteiger charge is -2.14. The molecule has 1 aliphatic rings. The molecule has 0 aromatic heterocycles. The molecular weight excluding hydrogens is 177 g/mol. The van der Waals surface area contributed by atoms with Crippen LogP contribution < -0.4 is 5.73 Å². The zero-order valence-electron chi connectivity index (χ0n) is 8.73. The highest BCUT2D eigenvalue weighted by Crippen LogP contribution is 2.35. The second-order valence-corrected chi connectivity index (χ2v) is 4.33. The van der Waals surface area contributed by atoms with E-state index in [-0.39, 0.29) is 11.7 Å². The summed E-state index contributed by atoms with van der Waals surface area (Å²) in [6, 6.07) is 1.67. The molecule has 0 atom stereocenters. The van der Waals surface area contributed by atoms with Crippen LogP contribution in [0.15, 0.2) is 6.07 Å². The molecule has 0 heterocycles. The van der Waals surface area contributed by atoms with Crippen LogP contribution in [0.25, 0.3) is 0 Å². The van der Waals surface area contributed by atoms with Crippen LogP contribution in [0.3, 0.4) is 0 Å². The molecular formula is C12H16FN. The third-order valence-corrected chi connectivity index (χ3v) is 3.01. The quantitative estimate of drug-likeness (QED) is 0.682. The Balaban J connectivity index is 2.62. The molecule has 2 heteroatoms. The molecule has 0 saturated carbocycles. The summed E-state index contributed by atoms with van der Waals surface area (Å²) in [5.74, 6) is 0.0408. The first kappa shape index (κ1) is 9.50. The van der Waals surface area contributed by atoms with Crippen molar-refractivity contribution in [3.05, 3.63) is 28.6 Å². The Hall–Kier alpha value is -1.05. The normalized spacial score (nSPS) is 14.9. The first-order valence-corrected chi connectivity index (χ1v) is 5.21. The molecule has 0 fully saturated rings. The monoisotopic (exact) mass is 193 g/mol.